The van der Waals surface area contributed by atoms with Crippen molar-refractivity contribution in [3.05, 3.63) is 29.8 Å². The smallest absolute Gasteiger partial charge is 0.284 e. The molecule has 1 rings (SSSR count). The molecule has 0 aromatic heterocycles. The number of carbonyl (C=O) groups is 1. The first-order valence-electron chi connectivity index (χ1n) is 3.87. The van der Waals surface area contributed by atoms with Crippen LogP contribution in [-0.2, 0) is 10.0 Å². The number of alkyl halides is 3. The minimum Gasteiger partial charge on any atom is -0.284 e. The van der Waals surface area contributed by atoms with Crippen LogP contribution in [0.15, 0.2) is 29.2 Å². The lowest BCUT2D eigenvalue weighted by Gasteiger charge is -2.05. The number of ketones is 1. The monoisotopic (exact) mass is 253 g/mol. The van der Waals surface area contributed by atoms with Crippen LogP contribution in [0.2, 0.25) is 0 Å². The Morgan fingerprint density at radius 2 is 1.81 bits per heavy atom. The van der Waals surface area contributed by atoms with Crippen molar-refractivity contribution >= 4 is 15.8 Å². The molecule has 1 aromatic carbocycles. The number of hydrogen-bond acceptors (Lipinski definition) is 3. The zero-order valence-electron chi connectivity index (χ0n) is 7.65. The number of benzene rings is 1. The lowest BCUT2D eigenvalue weighted by atomic mass is 10.1. The Morgan fingerprint density at radius 1 is 1.25 bits per heavy atom. The van der Waals surface area contributed by atoms with Crippen molar-refractivity contribution in [3.63, 3.8) is 0 Å². The van der Waals surface area contributed by atoms with Gasteiger partial charge in [-0.15, -0.1) is 0 Å². The Bertz CT molecular complexity index is 522. The first-order valence-corrected chi connectivity index (χ1v) is 5.41. The fourth-order valence-corrected chi connectivity index (χ4v) is 1.54. The van der Waals surface area contributed by atoms with Gasteiger partial charge in [0.1, 0.15) is 0 Å². The summed E-state index contributed by atoms with van der Waals surface area (Å²) in [5.74, 6) is -2.11. The number of nitrogens with two attached hydrogens (primary N) is 1. The molecule has 0 aliphatic rings. The van der Waals surface area contributed by atoms with E-state index in [9.17, 15) is 26.4 Å². The summed E-state index contributed by atoms with van der Waals surface area (Å²) < 4.78 is 57.8. The van der Waals surface area contributed by atoms with Crippen molar-refractivity contribution in [2.75, 3.05) is 0 Å². The second kappa shape index (κ2) is 3.87. The van der Waals surface area contributed by atoms with Gasteiger partial charge < -0.3 is 0 Å². The Hall–Kier alpha value is -1.41. The van der Waals surface area contributed by atoms with Crippen LogP contribution < -0.4 is 5.14 Å². The third-order valence-electron chi connectivity index (χ3n) is 1.68. The fourth-order valence-electron chi connectivity index (χ4n) is 0.978. The summed E-state index contributed by atoms with van der Waals surface area (Å²) in [6.07, 6.45) is -5.04. The van der Waals surface area contributed by atoms with Crippen LogP contribution >= 0.6 is 0 Å². The molecule has 1 aromatic rings. The normalized spacial score (nSPS) is 12.5. The molecule has 0 fully saturated rings. The zero-order valence-corrected chi connectivity index (χ0v) is 8.47. The van der Waals surface area contributed by atoms with Crippen molar-refractivity contribution in [3.8, 4) is 0 Å². The number of primary sulfonamides is 1. The molecule has 0 amide bonds. The maximum atomic E-state index is 12.0. The van der Waals surface area contributed by atoms with Gasteiger partial charge in [-0.25, -0.2) is 13.6 Å². The summed E-state index contributed by atoms with van der Waals surface area (Å²) in [5.41, 5.74) is -0.765. The van der Waals surface area contributed by atoms with Gasteiger partial charge in [0.15, 0.2) is 0 Å². The quantitative estimate of drug-likeness (QED) is 0.801. The largest absolute Gasteiger partial charge is 0.454 e. The zero-order chi connectivity index (χ0) is 12.6. The van der Waals surface area contributed by atoms with E-state index in [0.29, 0.717) is 6.07 Å². The summed E-state index contributed by atoms with van der Waals surface area (Å²) >= 11 is 0. The van der Waals surface area contributed by atoms with Gasteiger partial charge in [-0.05, 0) is 12.1 Å². The second-order valence-corrected chi connectivity index (χ2v) is 4.46. The molecule has 88 valence electrons. The minimum atomic E-state index is -5.04. The van der Waals surface area contributed by atoms with Crippen LogP contribution in [0.3, 0.4) is 0 Å². The summed E-state index contributed by atoms with van der Waals surface area (Å²) in [4.78, 5) is 10.2. The molecule has 0 saturated heterocycles. The summed E-state index contributed by atoms with van der Waals surface area (Å²) in [6.45, 7) is 0. The van der Waals surface area contributed by atoms with Gasteiger partial charge in [0.05, 0.1) is 4.90 Å². The lowest BCUT2D eigenvalue weighted by Crippen LogP contribution is -2.23. The van der Waals surface area contributed by atoms with Crippen molar-refractivity contribution in [2.45, 2.75) is 11.1 Å². The lowest BCUT2D eigenvalue weighted by molar-refractivity contribution is -0.0885. The highest BCUT2D eigenvalue weighted by Gasteiger charge is 2.39. The van der Waals surface area contributed by atoms with Gasteiger partial charge in [0.2, 0.25) is 10.0 Å². The van der Waals surface area contributed by atoms with Crippen LogP contribution in [-0.4, -0.2) is 20.4 Å². The highest BCUT2D eigenvalue weighted by molar-refractivity contribution is 7.89. The van der Waals surface area contributed by atoms with Gasteiger partial charge in [0, 0.05) is 5.56 Å². The van der Waals surface area contributed by atoms with E-state index in [1.807, 2.05) is 0 Å². The molecule has 0 aliphatic heterocycles. The van der Waals surface area contributed by atoms with E-state index in [1.54, 1.807) is 0 Å². The summed E-state index contributed by atoms with van der Waals surface area (Å²) in [7, 11) is -4.12. The van der Waals surface area contributed by atoms with Crippen molar-refractivity contribution in [1.82, 2.24) is 0 Å². The standard InChI is InChI=1S/C8H6F3NO3S/c9-8(10,11)7(13)5-2-1-3-6(4-5)16(12,14)15/h1-4H,(H2,12,14,15). The van der Waals surface area contributed by atoms with Gasteiger partial charge in [-0.1, -0.05) is 12.1 Å². The third kappa shape index (κ3) is 2.80. The van der Waals surface area contributed by atoms with Gasteiger partial charge in [0.25, 0.3) is 5.78 Å². The predicted molar refractivity (Wildman–Crippen MR) is 48.2 cm³/mol. The van der Waals surface area contributed by atoms with Gasteiger partial charge in [-0.3, -0.25) is 4.79 Å². The average molecular weight is 253 g/mol. The first-order chi connectivity index (χ1) is 7.12. The molecule has 0 saturated carbocycles. The molecule has 0 radical (unpaired) electrons. The number of Topliss-reactive ketones (excluding diaryl/α,β-unsaturated/α-hetero) is 1. The van der Waals surface area contributed by atoms with Crippen LogP contribution in [0.5, 0.6) is 0 Å². The van der Waals surface area contributed by atoms with Crippen molar-refractivity contribution < 1.29 is 26.4 Å². The minimum absolute atomic E-state index is 0.539. The van der Waals surface area contributed by atoms with Gasteiger partial charge in [-0.2, -0.15) is 13.2 Å². The van der Waals surface area contributed by atoms with Crippen molar-refractivity contribution in [2.24, 2.45) is 5.14 Å². The molecule has 0 unspecified atom stereocenters. The Morgan fingerprint density at radius 3 is 2.25 bits per heavy atom. The van der Waals surface area contributed by atoms with Crippen LogP contribution in [0.1, 0.15) is 10.4 Å². The molecular formula is C8H6F3NO3S. The van der Waals surface area contributed by atoms with Crippen molar-refractivity contribution in [1.29, 1.82) is 0 Å². The number of hydrogen-bond donors (Lipinski definition) is 1. The second-order valence-electron chi connectivity index (χ2n) is 2.90. The Labute approximate surface area is 88.9 Å². The Balaban J connectivity index is 3.25. The number of carbonyl (C=O) groups excluding carboxylic acids is 1. The van der Waals surface area contributed by atoms with Crippen LogP contribution in [0, 0.1) is 0 Å². The molecule has 0 atom stereocenters. The van der Waals surface area contributed by atoms with E-state index < -0.39 is 32.4 Å². The third-order valence-corrected chi connectivity index (χ3v) is 2.59. The summed E-state index contributed by atoms with van der Waals surface area (Å²) in [6, 6.07) is 3.47. The molecule has 0 heterocycles. The van der Waals surface area contributed by atoms with E-state index in [0.717, 1.165) is 18.2 Å². The topological polar surface area (TPSA) is 77.2 Å². The SMILES string of the molecule is NS(=O)(=O)c1cccc(C(=O)C(F)(F)F)c1. The molecule has 4 nitrogen and oxygen atoms in total. The fraction of sp³-hybridized carbons (Fsp3) is 0.125. The first kappa shape index (κ1) is 12.7. The molecule has 8 heteroatoms. The molecule has 16 heavy (non-hydrogen) atoms. The van der Waals surface area contributed by atoms with Crippen LogP contribution in [0.4, 0.5) is 13.2 Å². The van der Waals surface area contributed by atoms with Gasteiger partial charge >= 0.3 is 6.18 Å². The Kier molecular flexibility index (Phi) is 3.06. The number of halogens is 3. The van der Waals surface area contributed by atoms with E-state index >= 15 is 0 Å². The molecule has 0 bridgehead atoms. The van der Waals surface area contributed by atoms with E-state index in [2.05, 4.69) is 0 Å². The molecule has 0 aliphatic carbocycles. The maximum absolute atomic E-state index is 12.0. The number of sulfonamides is 1. The van der Waals surface area contributed by atoms with E-state index in [4.69, 9.17) is 5.14 Å². The number of rotatable bonds is 2. The highest BCUT2D eigenvalue weighted by Crippen LogP contribution is 2.22. The van der Waals surface area contributed by atoms with Crippen LogP contribution in [0.25, 0.3) is 0 Å². The average Bonchev–Trinajstić information content (AvgIpc) is 2.14. The maximum Gasteiger partial charge on any atom is 0.454 e. The molecule has 0 spiro atoms. The summed E-state index contributed by atoms with van der Waals surface area (Å²) in [5, 5.41) is 4.71. The van der Waals surface area contributed by atoms with E-state index in [1.165, 1.54) is 0 Å². The van der Waals surface area contributed by atoms with E-state index in [-0.39, 0.29) is 0 Å². The predicted octanol–water partition coefficient (Wildman–Crippen LogP) is 1.08. The highest BCUT2D eigenvalue weighted by atomic mass is 32.2. The molecular weight excluding hydrogens is 247 g/mol. The molecule has 2 N–H and O–H groups in total.